The van der Waals surface area contributed by atoms with E-state index in [1.165, 1.54) is 6.07 Å². The van der Waals surface area contributed by atoms with Gasteiger partial charge in [-0.25, -0.2) is 8.42 Å². The number of hydrogen-bond acceptors (Lipinski definition) is 3. The molecular formula is C7H9Cl2NO2S. The van der Waals surface area contributed by atoms with Gasteiger partial charge in [0.25, 0.3) is 0 Å². The van der Waals surface area contributed by atoms with Crippen LogP contribution in [0.2, 0.25) is 0 Å². The molecule has 0 aromatic heterocycles. The maximum absolute atomic E-state index is 11.3. The second-order valence-corrected chi connectivity index (χ2v) is 5.40. The lowest BCUT2D eigenvalue weighted by atomic mass is 10.4. The zero-order valence-corrected chi connectivity index (χ0v) is 9.38. The molecule has 0 fully saturated rings. The summed E-state index contributed by atoms with van der Waals surface area (Å²) in [6, 6.07) is 1.48. The maximum Gasteiger partial charge on any atom is 0.191 e. The number of nitrogens with zero attached hydrogens (tertiary/aromatic N) is 1. The standard InChI is InChI=1S/C7H9Cl2NO2S/c1-2-3-4-13(11,12)7(9)6(8)5-10/h2-4H2,1H3. The van der Waals surface area contributed by atoms with Crippen molar-refractivity contribution < 1.29 is 8.42 Å². The molecule has 0 aliphatic heterocycles. The minimum absolute atomic E-state index is 0.0692. The summed E-state index contributed by atoms with van der Waals surface area (Å²) >= 11 is 10.7. The fraction of sp³-hybridized carbons (Fsp3) is 0.571. The highest BCUT2D eigenvalue weighted by molar-refractivity contribution is 7.96. The van der Waals surface area contributed by atoms with Crippen LogP contribution in [0.5, 0.6) is 0 Å². The number of rotatable bonds is 4. The molecule has 0 atom stereocenters. The Morgan fingerprint density at radius 3 is 2.38 bits per heavy atom. The van der Waals surface area contributed by atoms with E-state index in [2.05, 4.69) is 0 Å². The molecule has 0 bridgehead atoms. The van der Waals surface area contributed by atoms with Crippen molar-refractivity contribution >= 4 is 33.0 Å². The van der Waals surface area contributed by atoms with E-state index in [9.17, 15) is 8.42 Å². The van der Waals surface area contributed by atoms with Crippen molar-refractivity contribution in [2.24, 2.45) is 0 Å². The van der Waals surface area contributed by atoms with Gasteiger partial charge in [-0.1, -0.05) is 36.5 Å². The minimum Gasteiger partial charge on any atom is -0.223 e. The van der Waals surface area contributed by atoms with Gasteiger partial charge in [0.05, 0.1) is 5.75 Å². The van der Waals surface area contributed by atoms with Gasteiger partial charge in [0, 0.05) is 0 Å². The van der Waals surface area contributed by atoms with Crippen LogP contribution >= 0.6 is 23.2 Å². The Morgan fingerprint density at radius 2 is 2.00 bits per heavy atom. The van der Waals surface area contributed by atoms with Gasteiger partial charge >= 0.3 is 0 Å². The van der Waals surface area contributed by atoms with Crippen molar-refractivity contribution in [3.63, 3.8) is 0 Å². The lowest BCUT2D eigenvalue weighted by molar-refractivity contribution is 0.600. The van der Waals surface area contributed by atoms with E-state index in [-0.39, 0.29) is 5.75 Å². The van der Waals surface area contributed by atoms with E-state index >= 15 is 0 Å². The summed E-state index contributed by atoms with van der Waals surface area (Å²) in [6.07, 6.45) is 1.25. The first-order valence-corrected chi connectivity index (χ1v) is 6.04. The number of hydrogen-bond donors (Lipinski definition) is 0. The zero-order chi connectivity index (χ0) is 10.5. The van der Waals surface area contributed by atoms with E-state index in [0.29, 0.717) is 6.42 Å². The fourth-order valence-corrected chi connectivity index (χ4v) is 2.40. The Morgan fingerprint density at radius 1 is 1.46 bits per heavy atom. The monoisotopic (exact) mass is 241 g/mol. The van der Waals surface area contributed by atoms with Crippen LogP contribution in [0, 0.1) is 11.3 Å². The highest BCUT2D eigenvalue weighted by Crippen LogP contribution is 2.21. The molecule has 13 heavy (non-hydrogen) atoms. The smallest absolute Gasteiger partial charge is 0.191 e. The molecule has 0 aliphatic rings. The highest BCUT2D eigenvalue weighted by Gasteiger charge is 2.18. The SMILES string of the molecule is CCCCS(=O)(=O)C(Cl)=C(Cl)C#N. The molecule has 6 heteroatoms. The van der Waals surface area contributed by atoms with Gasteiger partial charge in [-0.3, -0.25) is 0 Å². The number of nitriles is 1. The van der Waals surface area contributed by atoms with E-state index in [4.69, 9.17) is 28.5 Å². The number of allylic oxidation sites excluding steroid dienone is 1. The molecule has 0 saturated heterocycles. The van der Waals surface area contributed by atoms with Crippen LogP contribution in [-0.2, 0) is 9.84 Å². The molecule has 0 aliphatic carbocycles. The predicted octanol–water partition coefficient (Wildman–Crippen LogP) is 2.37. The summed E-state index contributed by atoms with van der Waals surface area (Å²) in [5.41, 5.74) is 0. The normalized spacial score (nSPS) is 13.4. The molecule has 0 unspecified atom stereocenters. The first kappa shape index (κ1) is 12.8. The summed E-state index contributed by atoms with van der Waals surface area (Å²) in [5.74, 6) is -0.0692. The van der Waals surface area contributed by atoms with Crippen molar-refractivity contribution in [1.29, 1.82) is 5.26 Å². The Labute approximate surface area is 87.9 Å². The summed E-state index contributed by atoms with van der Waals surface area (Å²) in [7, 11) is -3.54. The number of halogens is 2. The Hall–Kier alpha value is -0.240. The van der Waals surface area contributed by atoms with E-state index in [1.807, 2.05) is 6.92 Å². The summed E-state index contributed by atoms with van der Waals surface area (Å²) in [6.45, 7) is 1.86. The zero-order valence-electron chi connectivity index (χ0n) is 7.05. The second kappa shape index (κ2) is 5.48. The molecule has 0 aromatic carbocycles. The van der Waals surface area contributed by atoms with Crippen molar-refractivity contribution in [3.8, 4) is 6.07 Å². The summed E-state index contributed by atoms with van der Waals surface area (Å²) in [5, 5.41) is 7.83. The van der Waals surface area contributed by atoms with Crippen LogP contribution in [0.4, 0.5) is 0 Å². The third-order valence-electron chi connectivity index (χ3n) is 1.31. The Kier molecular flexibility index (Phi) is 5.38. The summed E-state index contributed by atoms with van der Waals surface area (Å²) < 4.78 is 22.0. The lowest BCUT2D eigenvalue weighted by Gasteiger charge is -2.00. The number of sulfone groups is 1. The van der Waals surface area contributed by atoms with Crippen LogP contribution in [0.1, 0.15) is 19.8 Å². The van der Waals surface area contributed by atoms with Crippen LogP contribution < -0.4 is 0 Å². The van der Waals surface area contributed by atoms with Crippen molar-refractivity contribution in [3.05, 3.63) is 9.40 Å². The van der Waals surface area contributed by atoms with Gasteiger partial charge in [0.2, 0.25) is 0 Å². The average Bonchev–Trinajstić information content (AvgIpc) is 2.12. The molecule has 0 spiro atoms. The van der Waals surface area contributed by atoms with Gasteiger partial charge in [-0.15, -0.1) is 0 Å². The maximum atomic E-state index is 11.3. The molecule has 74 valence electrons. The fourth-order valence-electron chi connectivity index (χ4n) is 0.604. The first-order chi connectivity index (χ1) is 5.95. The van der Waals surface area contributed by atoms with Crippen molar-refractivity contribution in [1.82, 2.24) is 0 Å². The van der Waals surface area contributed by atoms with Crippen LogP contribution in [0.3, 0.4) is 0 Å². The average molecular weight is 242 g/mol. The predicted molar refractivity (Wildman–Crippen MR) is 53.0 cm³/mol. The third-order valence-corrected chi connectivity index (χ3v) is 4.26. The Balaban J connectivity index is 4.78. The van der Waals surface area contributed by atoms with Gasteiger partial charge in [-0.2, -0.15) is 5.26 Å². The molecule has 3 nitrogen and oxygen atoms in total. The van der Waals surface area contributed by atoms with Crippen LogP contribution in [0.25, 0.3) is 0 Å². The van der Waals surface area contributed by atoms with Crippen molar-refractivity contribution in [2.45, 2.75) is 19.8 Å². The second-order valence-electron chi connectivity index (χ2n) is 2.37. The number of unbranched alkanes of at least 4 members (excludes halogenated alkanes) is 1. The molecule has 0 aromatic rings. The van der Waals surface area contributed by atoms with Gasteiger partial charge in [-0.05, 0) is 6.42 Å². The van der Waals surface area contributed by atoms with Crippen LogP contribution in [0.15, 0.2) is 9.40 Å². The third kappa shape index (κ3) is 3.99. The summed E-state index contributed by atoms with van der Waals surface area (Å²) in [4.78, 5) is 0. The quantitative estimate of drug-likeness (QED) is 0.711. The van der Waals surface area contributed by atoms with E-state index in [0.717, 1.165) is 6.42 Å². The van der Waals surface area contributed by atoms with Crippen LogP contribution in [-0.4, -0.2) is 14.2 Å². The van der Waals surface area contributed by atoms with Gasteiger partial charge in [0.1, 0.15) is 11.1 Å². The molecule has 0 rings (SSSR count). The molecular weight excluding hydrogens is 233 g/mol. The molecule has 0 heterocycles. The Bertz CT molecular complexity index is 340. The van der Waals surface area contributed by atoms with Gasteiger partial charge < -0.3 is 0 Å². The topological polar surface area (TPSA) is 57.9 Å². The first-order valence-electron chi connectivity index (χ1n) is 3.63. The lowest BCUT2D eigenvalue weighted by Crippen LogP contribution is -2.06. The molecule has 0 radical (unpaired) electrons. The molecule has 0 amide bonds. The molecule has 0 saturated carbocycles. The largest absolute Gasteiger partial charge is 0.223 e. The van der Waals surface area contributed by atoms with E-state index in [1.54, 1.807) is 0 Å². The minimum atomic E-state index is -3.54. The highest BCUT2D eigenvalue weighted by atomic mass is 35.5. The van der Waals surface area contributed by atoms with E-state index < -0.39 is 19.2 Å². The van der Waals surface area contributed by atoms with Crippen molar-refractivity contribution in [2.75, 3.05) is 5.75 Å². The molecule has 0 N–H and O–H groups in total. The van der Waals surface area contributed by atoms with Gasteiger partial charge in [0.15, 0.2) is 14.2 Å².